The molecule has 2 fully saturated rings. The van der Waals surface area contributed by atoms with Gasteiger partial charge in [-0.15, -0.1) is 0 Å². The van der Waals surface area contributed by atoms with E-state index in [0.717, 1.165) is 31.6 Å². The number of nitrogens with two attached hydrogens (primary N) is 1. The second-order valence-electron chi connectivity index (χ2n) is 7.81. The molecule has 2 heterocycles. The van der Waals surface area contributed by atoms with Gasteiger partial charge in [0.05, 0.1) is 5.92 Å². The molecule has 0 bridgehead atoms. The maximum atomic E-state index is 12.4. The quantitative estimate of drug-likeness (QED) is 0.397. The Kier molecular flexibility index (Phi) is 7.44. The van der Waals surface area contributed by atoms with Crippen LogP contribution in [-0.4, -0.2) is 30.5 Å². The van der Waals surface area contributed by atoms with Crippen molar-refractivity contribution in [3.8, 4) is 0 Å². The van der Waals surface area contributed by atoms with Crippen LogP contribution < -0.4 is 16.0 Å². The number of aromatic amines is 1. The summed E-state index contributed by atoms with van der Waals surface area (Å²) in [7, 11) is 0. The first-order chi connectivity index (χ1) is 13.6. The van der Waals surface area contributed by atoms with Gasteiger partial charge in [0.25, 0.3) is 0 Å². The summed E-state index contributed by atoms with van der Waals surface area (Å²) >= 11 is 0. The van der Waals surface area contributed by atoms with Gasteiger partial charge in [0.1, 0.15) is 19.4 Å². The maximum absolute atomic E-state index is 12.4. The first kappa shape index (κ1) is 20.8. The van der Waals surface area contributed by atoms with Gasteiger partial charge in [0.15, 0.2) is 12.1 Å². The van der Waals surface area contributed by atoms with Crippen molar-refractivity contribution in [2.75, 3.05) is 18.9 Å². The normalized spacial score (nSPS) is 27.6. The minimum absolute atomic E-state index is 0.0195. The third kappa shape index (κ3) is 5.54. The lowest BCUT2D eigenvalue weighted by Crippen LogP contribution is -2.55. The van der Waals surface area contributed by atoms with Crippen LogP contribution in [0.1, 0.15) is 64.5 Å². The van der Waals surface area contributed by atoms with Crippen molar-refractivity contribution in [2.45, 2.75) is 70.8 Å². The molecule has 28 heavy (non-hydrogen) atoms. The smallest absolute Gasteiger partial charge is 0.460 e. The van der Waals surface area contributed by atoms with Gasteiger partial charge in [-0.3, -0.25) is 4.79 Å². The van der Waals surface area contributed by atoms with Gasteiger partial charge in [-0.1, -0.05) is 32.6 Å². The molecule has 156 valence electrons. The lowest BCUT2D eigenvalue weighted by molar-refractivity contribution is -0.771. The van der Waals surface area contributed by atoms with Crippen molar-refractivity contribution >= 4 is 11.8 Å². The average Bonchev–Trinajstić information content (AvgIpc) is 3.15. The zero-order valence-corrected chi connectivity index (χ0v) is 16.6. The largest absolute Gasteiger partial charge is 0.499 e. The van der Waals surface area contributed by atoms with Gasteiger partial charge in [0.2, 0.25) is 6.23 Å². The van der Waals surface area contributed by atoms with Gasteiger partial charge < -0.3 is 19.9 Å². The second-order valence-corrected chi connectivity index (χ2v) is 7.81. The summed E-state index contributed by atoms with van der Waals surface area (Å²) < 4.78 is 18.0. The van der Waals surface area contributed by atoms with E-state index < -0.39 is 12.5 Å². The molecule has 1 aliphatic carbocycles. The standard InChI is InChI=1S/C20H31N3O5/c1-2-3-4-5-14-6-8-15(9-7-14)19(24)27-13-18-26-12-17(28-18)23-11-10-16(21)22-20(23)25/h10-11,14-15,17-18H,2-9,12-13H2,1H3,(H2,21,22,25)/p+1. The van der Waals surface area contributed by atoms with Crippen LogP contribution in [0.3, 0.4) is 0 Å². The van der Waals surface area contributed by atoms with Crippen LogP contribution in [0.5, 0.6) is 0 Å². The minimum Gasteiger partial charge on any atom is -0.460 e. The Morgan fingerprint density at radius 3 is 2.82 bits per heavy atom. The summed E-state index contributed by atoms with van der Waals surface area (Å²) in [5.74, 6) is 0.855. The van der Waals surface area contributed by atoms with Gasteiger partial charge in [-0.25, -0.2) is 0 Å². The summed E-state index contributed by atoms with van der Waals surface area (Å²) in [6.45, 7) is 2.47. The van der Waals surface area contributed by atoms with Crippen molar-refractivity contribution in [3.63, 3.8) is 0 Å². The summed E-state index contributed by atoms with van der Waals surface area (Å²) in [5.41, 5.74) is 5.17. The molecule has 3 rings (SSSR count). The molecule has 8 nitrogen and oxygen atoms in total. The molecule has 1 saturated carbocycles. The first-order valence-electron chi connectivity index (χ1n) is 10.4. The number of nitrogens with zero attached hydrogens (tertiary/aromatic N) is 1. The number of carbonyl (C=O) groups excluding carboxylic acids is 1. The number of carbonyl (C=O) groups is 1. The van der Waals surface area contributed by atoms with E-state index >= 15 is 0 Å². The molecule has 1 aliphatic heterocycles. The minimum atomic E-state index is -0.663. The van der Waals surface area contributed by atoms with E-state index in [9.17, 15) is 9.59 Å². The number of H-pyrrole nitrogens is 1. The number of nitrogens with one attached hydrogen (secondary N) is 1. The molecule has 2 aliphatic rings. The Balaban J connectivity index is 1.38. The number of rotatable bonds is 8. The number of nitrogen functional groups attached to an aromatic ring is 1. The predicted octanol–water partition coefficient (Wildman–Crippen LogP) is 2.05. The molecule has 2 unspecified atom stereocenters. The molecule has 3 N–H and O–H groups in total. The second kappa shape index (κ2) is 10.0. The lowest BCUT2D eigenvalue weighted by Gasteiger charge is -2.27. The van der Waals surface area contributed by atoms with E-state index in [-0.39, 0.29) is 36.6 Å². The van der Waals surface area contributed by atoms with E-state index in [1.807, 2.05) is 0 Å². The molecule has 0 radical (unpaired) electrons. The van der Waals surface area contributed by atoms with Gasteiger partial charge in [-0.2, -0.15) is 14.3 Å². The van der Waals surface area contributed by atoms with E-state index in [1.165, 1.54) is 30.3 Å². The fraction of sp³-hybridized carbons (Fsp3) is 0.750. The Morgan fingerprint density at radius 1 is 1.32 bits per heavy atom. The van der Waals surface area contributed by atoms with E-state index in [2.05, 4.69) is 11.9 Å². The van der Waals surface area contributed by atoms with E-state index in [4.69, 9.17) is 19.9 Å². The lowest BCUT2D eigenvalue weighted by atomic mass is 9.80. The maximum Gasteiger partial charge on any atom is 0.499 e. The number of anilines is 1. The molecule has 1 aromatic heterocycles. The Morgan fingerprint density at radius 2 is 2.11 bits per heavy atom. The molecule has 2 atom stereocenters. The molecule has 0 aromatic carbocycles. The van der Waals surface area contributed by atoms with Crippen molar-refractivity contribution in [1.82, 2.24) is 4.98 Å². The van der Waals surface area contributed by atoms with Gasteiger partial charge in [0, 0.05) is 6.07 Å². The highest BCUT2D eigenvalue weighted by atomic mass is 16.7. The van der Waals surface area contributed by atoms with Crippen LogP contribution in [0.4, 0.5) is 5.82 Å². The van der Waals surface area contributed by atoms with Crippen LogP contribution in [-0.2, 0) is 19.0 Å². The molecule has 1 saturated heterocycles. The average molecular weight is 394 g/mol. The third-order valence-electron chi connectivity index (χ3n) is 5.70. The zero-order chi connectivity index (χ0) is 19.9. The number of unbranched alkanes of at least 4 members (excludes halogenated alkanes) is 2. The number of ether oxygens (including phenoxy) is 3. The van der Waals surface area contributed by atoms with Crippen LogP contribution in [0, 0.1) is 11.8 Å². The Labute approximate surface area is 165 Å². The zero-order valence-electron chi connectivity index (χ0n) is 16.6. The van der Waals surface area contributed by atoms with E-state index in [0.29, 0.717) is 0 Å². The van der Waals surface area contributed by atoms with Crippen LogP contribution >= 0.6 is 0 Å². The highest BCUT2D eigenvalue weighted by Gasteiger charge is 2.34. The number of esters is 1. The third-order valence-corrected chi connectivity index (χ3v) is 5.70. The fourth-order valence-electron chi connectivity index (χ4n) is 4.00. The van der Waals surface area contributed by atoms with Gasteiger partial charge in [-0.05, 0) is 31.6 Å². The van der Waals surface area contributed by atoms with Crippen LogP contribution in [0.15, 0.2) is 17.1 Å². The summed E-state index contributed by atoms with van der Waals surface area (Å²) in [4.78, 5) is 26.8. The number of hydrogen-bond acceptors (Lipinski definition) is 6. The van der Waals surface area contributed by atoms with E-state index in [1.54, 1.807) is 12.3 Å². The molecule has 0 spiro atoms. The summed E-state index contributed by atoms with van der Waals surface area (Å²) in [6.07, 6.45) is 9.47. The molecule has 0 amide bonds. The van der Waals surface area contributed by atoms with Crippen molar-refractivity contribution in [1.29, 1.82) is 0 Å². The Hall–Kier alpha value is -1.93. The molecule has 1 aromatic rings. The monoisotopic (exact) mass is 394 g/mol. The molecule has 8 heteroatoms. The fourth-order valence-corrected chi connectivity index (χ4v) is 4.00. The summed E-state index contributed by atoms with van der Waals surface area (Å²) in [6, 6.07) is 1.58. The van der Waals surface area contributed by atoms with Crippen molar-refractivity contribution in [3.05, 3.63) is 22.7 Å². The van der Waals surface area contributed by atoms with Crippen molar-refractivity contribution < 1.29 is 23.6 Å². The van der Waals surface area contributed by atoms with Crippen LogP contribution in [0.25, 0.3) is 0 Å². The van der Waals surface area contributed by atoms with Crippen molar-refractivity contribution in [2.24, 2.45) is 11.8 Å². The highest BCUT2D eigenvalue weighted by Crippen LogP contribution is 2.32. The SMILES string of the molecule is CCCCCC1CCC(C(=O)OCC2OCC([n+]3ccc(N)[nH]c3=O)O2)CC1. The number of hydrogen-bond donors (Lipinski definition) is 2. The van der Waals surface area contributed by atoms with Gasteiger partial charge >= 0.3 is 11.7 Å². The molecular weight excluding hydrogens is 362 g/mol. The topological polar surface area (TPSA) is 108 Å². The first-order valence-corrected chi connectivity index (χ1v) is 10.4. The number of aromatic nitrogens is 2. The molecular formula is C20H32N3O5+. The predicted molar refractivity (Wildman–Crippen MR) is 102 cm³/mol. The highest BCUT2D eigenvalue weighted by molar-refractivity contribution is 5.72. The van der Waals surface area contributed by atoms with Crippen LogP contribution in [0.2, 0.25) is 0 Å². The summed E-state index contributed by atoms with van der Waals surface area (Å²) in [5, 5.41) is 0. The Bertz CT molecular complexity index is 699.